The molecule has 0 radical (unpaired) electrons. The van der Waals surface area contributed by atoms with Gasteiger partial charge in [-0.05, 0) is 20.3 Å². The van der Waals surface area contributed by atoms with Crippen molar-refractivity contribution in [3.8, 4) is 0 Å². The minimum Gasteiger partial charge on any atom is -0.373 e. The summed E-state index contributed by atoms with van der Waals surface area (Å²) in [6, 6.07) is 0. The Balaban J connectivity index is 1.52. The van der Waals surface area contributed by atoms with Crippen LogP contribution in [0.4, 0.5) is 0 Å². The van der Waals surface area contributed by atoms with Crippen molar-refractivity contribution in [1.82, 2.24) is 24.9 Å². The second kappa shape index (κ2) is 7.07. The van der Waals surface area contributed by atoms with E-state index >= 15 is 0 Å². The van der Waals surface area contributed by atoms with Gasteiger partial charge in [-0.15, -0.1) is 0 Å². The lowest BCUT2D eigenvalue weighted by Gasteiger charge is -2.17. The minimum atomic E-state index is 0.172. The molecule has 0 bridgehead atoms. The van der Waals surface area contributed by atoms with Crippen molar-refractivity contribution in [2.24, 2.45) is 5.92 Å². The third-order valence-electron chi connectivity index (χ3n) is 4.27. The summed E-state index contributed by atoms with van der Waals surface area (Å²) in [5.41, 5.74) is 2.43. The van der Waals surface area contributed by atoms with Crippen molar-refractivity contribution in [3.63, 3.8) is 0 Å². The monoisotopic (exact) mass is 303 g/mol. The fraction of sp³-hybridized carbons (Fsp3) is 0.625. The van der Waals surface area contributed by atoms with E-state index in [1.165, 1.54) is 11.1 Å². The maximum Gasteiger partial charge on any atom is 0.0896 e. The molecule has 2 aromatic heterocycles. The molecule has 1 aliphatic rings. The molecule has 0 saturated carbocycles. The van der Waals surface area contributed by atoms with Gasteiger partial charge in [-0.2, -0.15) is 10.2 Å². The van der Waals surface area contributed by atoms with Gasteiger partial charge in [0.15, 0.2) is 0 Å². The highest BCUT2D eigenvalue weighted by atomic mass is 16.5. The SMILES string of the molecule is CCn1cc(CNC[C@H]2CCO[C@H]2c2cnn(CC)c2)cn1. The highest BCUT2D eigenvalue weighted by molar-refractivity contribution is 5.11. The van der Waals surface area contributed by atoms with Gasteiger partial charge in [0, 0.05) is 62.2 Å². The van der Waals surface area contributed by atoms with Gasteiger partial charge in [0.25, 0.3) is 0 Å². The van der Waals surface area contributed by atoms with Crippen molar-refractivity contribution < 1.29 is 4.74 Å². The van der Waals surface area contributed by atoms with E-state index in [1.807, 2.05) is 21.8 Å². The topological polar surface area (TPSA) is 56.9 Å². The molecule has 3 heterocycles. The molecule has 6 nitrogen and oxygen atoms in total. The van der Waals surface area contributed by atoms with Gasteiger partial charge in [-0.3, -0.25) is 9.36 Å². The van der Waals surface area contributed by atoms with E-state index in [0.717, 1.165) is 39.2 Å². The highest BCUT2D eigenvalue weighted by Crippen LogP contribution is 2.33. The Hall–Kier alpha value is -1.66. The summed E-state index contributed by atoms with van der Waals surface area (Å²) in [6.45, 7) is 8.67. The molecule has 1 aliphatic heterocycles. The zero-order chi connectivity index (χ0) is 15.4. The fourth-order valence-electron chi connectivity index (χ4n) is 2.98. The van der Waals surface area contributed by atoms with Crippen molar-refractivity contribution in [3.05, 3.63) is 35.9 Å². The third kappa shape index (κ3) is 3.39. The highest BCUT2D eigenvalue weighted by Gasteiger charge is 2.30. The van der Waals surface area contributed by atoms with Crippen LogP contribution >= 0.6 is 0 Å². The Morgan fingerprint density at radius 3 is 2.68 bits per heavy atom. The number of aryl methyl sites for hydroxylation is 2. The molecule has 0 amide bonds. The van der Waals surface area contributed by atoms with Crippen LogP contribution in [0, 0.1) is 5.92 Å². The number of hydrogen-bond acceptors (Lipinski definition) is 4. The molecule has 0 unspecified atom stereocenters. The first-order valence-corrected chi connectivity index (χ1v) is 8.16. The molecule has 120 valence electrons. The zero-order valence-electron chi connectivity index (χ0n) is 13.4. The smallest absolute Gasteiger partial charge is 0.0896 e. The quantitative estimate of drug-likeness (QED) is 0.850. The van der Waals surface area contributed by atoms with E-state index in [1.54, 1.807) is 0 Å². The van der Waals surface area contributed by atoms with Crippen molar-refractivity contribution in [2.75, 3.05) is 13.2 Å². The largest absolute Gasteiger partial charge is 0.373 e. The van der Waals surface area contributed by atoms with Gasteiger partial charge in [-0.1, -0.05) is 0 Å². The molecule has 0 aliphatic carbocycles. The first-order chi connectivity index (χ1) is 10.8. The number of nitrogens with zero attached hydrogens (tertiary/aromatic N) is 4. The van der Waals surface area contributed by atoms with Crippen LogP contribution < -0.4 is 5.32 Å². The van der Waals surface area contributed by atoms with Gasteiger partial charge in [0.2, 0.25) is 0 Å². The van der Waals surface area contributed by atoms with Crippen LogP contribution in [-0.4, -0.2) is 32.7 Å². The van der Waals surface area contributed by atoms with Gasteiger partial charge >= 0.3 is 0 Å². The van der Waals surface area contributed by atoms with Crippen LogP contribution in [0.3, 0.4) is 0 Å². The lowest BCUT2D eigenvalue weighted by molar-refractivity contribution is 0.0904. The Labute approximate surface area is 131 Å². The molecule has 3 rings (SSSR count). The van der Waals surface area contributed by atoms with E-state index in [9.17, 15) is 0 Å². The summed E-state index contributed by atoms with van der Waals surface area (Å²) in [5.74, 6) is 0.510. The van der Waals surface area contributed by atoms with E-state index in [4.69, 9.17) is 4.74 Å². The number of hydrogen-bond donors (Lipinski definition) is 1. The van der Waals surface area contributed by atoms with Crippen LogP contribution in [-0.2, 0) is 24.4 Å². The van der Waals surface area contributed by atoms with Crippen molar-refractivity contribution in [2.45, 2.75) is 46.0 Å². The number of rotatable bonds is 7. The van der Waals surface area contributed by atoms with E-state index in [2.05, 4.69) is 41.8 Å². The van der Waals surface area contributed by atoms with Crippen LogP contribution in [0.15, 0.2) is 24.8 Å². The Bertz CT molecular complexity index is 591. The zero-order valence-corrected chi connectivity index (χ0v) is 13.4. The molecule has 2 aromatic rings. The normalized spacial score (nSPS) is 21.5. The Morgan fingerprint density at radius 1 is 1.18 bits per heavy atom. The van der Waals surface area contributed by atoms with Crippen LogP contribution in [0.2, 0.25) is 0 Å². The molecule has 1 N–H and O–H groups in total. The molecule has 2 atom stereocenters. The average Bonchev–Trinajstić information content (AvgIpc) is 3.27. The molecule has 6 heteroatoms. The van der Waals surface area contributed by atoms with Crippen LogP contribution in [0.1, 0.15) is 37.5 Å². The van der Waals surface area contributed by atoms with Gasteiger partial charge < -0.3 is 10.1 Å². The van der Waals surface area contributed by atoms with Crippen molar-refractivity contribution >= 4 is 0 Å². The summed E-state index contributed by atoms with van der Waals surface area (Å²) in [5, 5.41) is 12.2. The Kier molecular flexibility index (Phi) is 4.90. The van der Waals surface area contributed by atoms with E-state index < -0.39 is 0 Å². The van der Waals surface area contributed by atoms with Gasteiger partial charge in [0.05, 0.1) is 18.5 Å². The predicted molar refractivity (Wildman–Crippen MR) is 84.3 cm³/mol. The summed E-state index contributed by atoms with van der Waals surface area (Å²) in [6.07, 6.45) is 9.35. The summed E-state index contributed by atoms with van der Waals surface area (Å²) in [4.78, 5) is 0. The second-order valence-corrected chi connectivity index (χ2v) is 5.80. The maximum absolute atomic E-state index is 5.92. The fourth-order valence-corrected chi connectivity index (χ4v) is 2.98. The first-order valence-electron chi connectivity index (χ1n) is 8.16. The van der Waals surface area contributed by atoms with Crippen LogP contribution in [0.5, 0.6) is 0 Å². The lowest BCUT2D eigenvalue weighted by Crippen LogP contribution is -2.24. The summed E-state index contributed by atoms with van der Waals surface area (Å²) >= 11 is 0. The third-order valence-corrected chi connectivity index (χ3v) is 4.27. The van der Waals surface area contributed by atoms with E-state index in [0.29, 0.717) is 5.92 Å². The average molecular weight is 303 g/mol. The Morgan fingerprint density at radius 2 is 1.95 bits per heavy atom. The number of ether oxygens (including phenoxy) is 1. The van der Waals surface area contributed by atoms with Crippen molar-refractivity contribution in [1.29, 1.82) is 0 Å². The van der Waals surface area contributed by atoms with E-state index in [-0.39, 0.29) is 6.10 Å². The molecule has 1 saturated heterocycles. The predicted octanol–water partition coefficient (Wildman–Crippen LogP) is 1.99. The number of aromatic nitrogens is 4. The molecule has 0 aromatic carbocycles. The minimum absolute atomic E-state index is 0.172. The summed E-state index contributed by atoms with van der Waals surface area (Å²) in [7, 11) is 0. The molecular formula is C16H25N5O. The molecule has 0 spiro atoms. The second-order valence-electron chi connectivity index (χ2n) is 5.80. The standard InChI is InChI=1S/C16H25N5O/c1-3-20-11-13(8-18-20)7-17-9-14-5-6-22-16(14)15-10-19-21(4-2)12-15/h8,10-12,14,16-17H,3-7,9H2,1-2H3/t14-,16-/m1/s1. The van der Waals surface area contributed by atoms with Gasteiger partial charge in [0.1, 0.15) is 0 Å². The van der Waals surface area contributed by atoms with Crippen LogP contribution in [0.25, 0.3) is 0 Å². The lowest BCUT2D eigenvalue weighted by atomic mass is 9.97. The molecule has 22 heavy (non-hydrogen) atoms. The summed E-state index contributed by atoms with van der Waals surface area (Å²) < 4.78 is 9.84. The molecule has 1 fully saturated rings. The van der Waals surface area contributed by atoms with Gasteiger partial charge in [-0.25, -0.2) is 0 Å². The first kappa shape index (κ1) is 15.2. The molecular weight excluding hydrogens is 278 g/mol. The number of nitrogens with one attached hydrogen (secondary N) is 1. The maximum atomic E-state index is 5.92.